The molecule has 0 radical (unpaired) electrons. The van der Waals surface area contributed by atoms with Gasteiger partial charge in [0, 0.05) is 13.1 Å². The largest absolute Gasteiger partial charge is 0.353 e. The number of piperidine rings is 1. The maximum atomic E-state index is 12.0. The average molecular weight is 373 g/mol. The molecule has 2 heterocycles. The number of halogens is 1. The molecule has 5 heteroatoms. The highest BCUT2D eigenvalue weighted by Gasteiger charge is 2.15. The van der Waals surface area contributed by atoms with Gasteiger partial charge in [0.15, 0.2) is 0 Å². The summed E-state index contributed by atoms with van der Waals surface area (Å²) >= 11 is 0. The van der Waals surface area contributed by atoms with Crippen LogP contribution >= 0.6 is 0 Å². The molecule has 1 aliphatic heterocycles. The number of rotatable bonds is 6. The third-order valence-electron chi connectivity index (χ3n) is 4.86. The first-order valence-electron chi connectivity index (χ1n) is 9.93. The van der Waals surface area contributed by atoms with Crippen LogP contribution in [0.1, 0.15) is 39.5 Å². The molecule has 148 valence electrons. The van der Waals surface area contributed by atoms with E-state index in [-0.39, 0.29) is 6.67 Å². The van der Waals surface area contributed by atoms with Crippen molar-refractivity contribution in [3.63, 3.8) is 0 Å². The minimum Gasteiger partial charge on any atom is -0.353 e. The second kappa shape index (κ2) is 11.5. The summed E-state index contributed by atoms with van der Waals surface area (Å²) < 4.78 is 14.1. The first-order chi connectivity index (χ1) is 13.2. The third-order valence-corrected chi connectivity index (χ3v) is 4.86. The molecule has 0 aliphatic carbocycles. The van der Waals surface area contributed by atoms with Crippen molar-refractivity contribution in [3.8, 4) is 0 Å². The first-order valence-corrected chi connectivity index (χ1v) is 9.93. The average Bonchev–Trinajstić information content (AvgIpc) is 3.02. The number of aryl methyl sites for hydroxylation is 1. The molecule has 1 fully saturated rings. The Morgan fingerprint density at radius 1 is 1.33 bits per heavy atom. The molecule has 0 atom stereocenters. The number of anilines is 1. The SMILES string of the molecule is C/C=C\C/C=C(\CC)CF.Cn1c(NC2CCNCC2)nc2ccccc21. The summed E-state index contributed by atoms with van der Waals surface area (Å²) in [6.45, 7) is 5.84. The fourth-order valence-corrected chi connectivity index (χ4v) is 3.09. The molecule has 0 bridgehead atoms. The number of hydrogen-bond donors (Lipinski definition) is 2. The molecule has 2 aromatic rings. The van der Waals surface area contributed by atoms with Crippen LogP contribution in [-0.2, 0) is 7.05 Å². The Balaban J connectivity index is 0.000000227. The van der Waals surface area contributed by atoms with Gasteiger partial charge in [-0.25, -0.2) is 9.37 Å². The molecule has 1 aromatic carbocycles. The monoisotopic (exact) mass is 372 g/mol. The minimum absolute atomic E-state index is 0.298. The van der Waals surface area contributed by atoms with E-state index < -0.39 is 0 Å². The number of nitrogens with one attached hydrogen (secondary N) is 2. The number of imidazole rings is 1. The van der Waals surface area contributed by atoms with Crippen molar-refractivity contribution >= 4 is 17.0 Å². The highest BCUT2D eigenvalue weighted by molar-refractivity contribution is 5.78. The Labute approximate surface area is 162 Å². The van der Waals surface area contributed by atoms with Crippen molar-refractivity contribution in [1.82, 2.24) is 14.9 Å². The predicted molar refractivity (Wildman–Crippen MR) is 114 cm³/mol. The van der Waals surface area contributed by atoms with Crippen LogP contribution in [0, 0.1) is 0 Å². The number of benzene rings is 1. The molecule has 0 amide bonds. The summed E-state index contributed by atoms with van der Waals surface area (Å²) in [5.41, 5.74) is 3.15. The number of allylic oxidation sites excluding steroid dienone is 4. The number of fused-ring (bicyclic) bond motifs is 1. The van der Waals surface area contributed by atoms with Crippen LogP contribution in [0.15, 0.2) is 48.1 Å². The number of para-hydroxylation sites is 2. The third kappa shape index (κ3) is 6.51. The molecule has 4 nitrogen and oxygen atoms in total. The lowest BCUT2D eigenvalue weighted by Crippen LogP contribution is -2.35. The van der Waals surface area contributed by atoms with E-state index in [9.17, 15) is 4.39 Å². The number of alkyl halides is 1. The van der Waals surface area contributed by atoms with Crippen molar-refractivity contribution in [3.05, 3.63) is 48.1 Å². The van der Waals surface area contributed by atoms with Crippen LogP contribution in [-0.4, -0.2) is 35.4 Å². The summed E-state index contributed by atoms with van der Waals surface area (Å²) in [5, 5.41) is 6.92. The van der Waals surface area contributed by atoms with Crippen LogP contribution < -0.4 is 10.6 Å². The van der Waals surface area contributed by atoms with Crippen LogP contribution in [0.3, 0.4) is 0 Å². The van der Waals surface area contributed by atoms with Gasteiger partial charge < -0.3 is 15.2 Å². The zero-order chi connectivity index (χ0) is 19.5. The predicted octanol–water partition coefficient (Wildman–Crippen LogP) is 5.00. The van der Waals surface area contributed by atoms with E-state index in [0.717, 1.165) is 43.0 Å². The first kappa shape index (κ1) is 21.2. The normalized spacial score (nSPS) is 15.8. The topological polar surface area (TPSA) is 41.9 Å². The summed E-state index contributed by atoms with van der Waals surface area (Å²) in [6.07, 6.45) is 9.97. The molecule has 3 rings (SSSR count). The van der Waals surface area contributed by atoms with Crippen molar-refractivity contribution in [2.45, 2.75) is 45.6 Å². The van der Waals surface area contributed by atoms with E-state index in [1.165, 1.54) is 18.4 Å². The van der Waals surface area contributed by atoms with Gasteiger partial charge in [-0.15, -0.1) is 0 Å². The number of hydrogen-bond acceptors (Lipinski definition) is 3. The van der Waals surface area contributed by atoms with Gasteiger partial charge in [-0.2, -0.15) is 0 Å². The second-order valence-electron chi connectivity index (χ2n) is 6.81. The lowest BCUT2D eigenvalue weighted by atomic mass is 10.1. The van der Waals surface area contributed by atoms with Gasteiger partial charge in [0.05, 0.1) is 11.0 Å². The molecule has 1 saturated heterocycles. The lowest BCUT2D eigenvalue weighted by molar-refractivity contribution is 0.476. The van der Waals surface area contributed by atoms with Crippen molar-refractivity contribution in [2.75, 3.05) is 25.1 Å². The Kier molecular flexibility index (Phi) is 9.05. The maximum absolute atomic E-state index is 12.0. The highest BCUT2D eigenvalue weighted by atomic mass is 19.1. The Morgan fingerprint density at radius 3 is 2.70 bits per heavy atom. The van der Waals surface area contributed by atoms with Gasteiger partial charge in [0.25, 0.3) is 0 Å². The Morgan fingerprint density at radius 2 is 2.07 bits per heavy atom. The molecule has 0 unspecified atom stereocenters. The van der Waals surface area contributed by atoms with Gasteiger partial charge in [-0.1, -0.05) is 37.3 Å². The molecule has 0 saturated carbocycles. The molecular formula is C22H33FN4. The number of aromatic nitrogens is 2. The zero-order valence-corrected chi connectivity index (χ0v) is 16.8. The Bertz CT molecular complexity index is 736. The van der Waals surface area contributed by atoms with Gasteiger partial charge in [0.1, 0.15) is 6.67 Å². The fraction of sp³-hybridized carbons (Fsp3) is 0.500. The Hall–Kier alpha value is -2.14. The second-order valence-corrected chi connectivity index (χ2v) is 6.81. The van der Waals surface area contributed by atoms with Gasteiger partial charge in [-0.3, -0.25) is 0 Å². The van der Waals surface area contributed by atoms with Crippen LogP contribution in [0.2, 0.25) is 0 Å². The van der Waals surface area contributed by atoms with E-state index in [1.807, 2.05) is 38.1 Å². The molecule has 0 spiro atoms. The molecule has 27 heavy (non-hydrogen) atoms. The fourth-order valence-electron chi connectivity index (χ4n) is 3.09. The van der Waals surface area contributed by atoms with E-state index >= 15 is 0 Å². The van der Waals surface area contributed by atoms with Gasteiger partial charge in [-0.05, 0) is 63.4 Å². The van der Waals surface area contributed by atoms with E-state index in [0.29, 0.717) is 6.04 Å². The highest BCUT2D eigenvalue weighted by Crippen LogP contribution is 2.19. The summed E-state index contributed by atoms with van der Waals surface area (Å²) in [7, 11) is 2.07. The quantitative estimate of drug-likeness (QED) is 0.702. The van der Waals surface area contributed by atoms with Crippen LogP contribution in [0.25, 0.3) is 11.0 Å². The summed E-state index contributed by atoms with van der Waals surface area (Å²) in [4.78, 5) is 4.64. The maximum Gasteiger partial charge on any atom is 0.203 e. The van der Waals surface area contributed by atoms with Crippen LogP contribution in [0.5, 0.6) is 0 Å². The van der Waals surface area contributed by atoms with Crippen molar-refractivity contribution < 1.29 is 4.39 Å². The summed E-state index contributed by atoms with van der Waals surface area (Å²) in [5.74, 6) is 0.984. The van der Waals surface area contributed by atoms with E-state index in [2.05, 4.69) is 45.4 Å². The lowest BCUT2D eigenvalue weighted by Gasteiger charge is -2.24. The number of nitrogens with zero attached hydrogens (tertiary/aromatic N) is 2. The zero-order valence-electron chi connectivity index (χ0n) is 16.8. The smallest absolute Gasteiger partial charge is 0.203 e. The van der Waals surface area contributed by atoms with Gasteiger partial charge >= 0.3 is 0 Å². The van der Waals surface area contributed by atoms with E-state index in [4.69, 9.17) is 0 Å². The van der Waals surface area contributed by atoms with E-state index in [1.54, 1.807) is 0 Å². The summed E-state index contributed by atoms with van der Waals surface area (Å²) in [6, 6.07) is 8.80. The molecular weight excluding hydrogens is 339 g/mol. The minimum atomic E-state index is -0.298. The standard InChI is InChI=1S/C13H18N4.C9H15F/c1-17-12-5-3-2-4-11(12)16-13(17)15-10-6-8-14-9-7-10;1-3-5-6-7-9(4-2)8-10/h2-5,10,14H,6-9H2,1H3,(H,15,16);3,5,7H,4,6,8H2,1-2H3/b;5-3-,9-7+. The van der Waals surface area contributed by atoms with Crippen LogP contribution in [0.4, 0.5) is 10.3 Å². The molecule has 2 N–H and O–H groups in total. The molecule has 1 aliphatic rings. The van der Waals surface area contributed by atoms with Crippen molar-refractivity contribution in [2.24, 2.45) is 7.05 Å². The van der Waals surface area contributed by atoms with Gasteiger partial charge in [0.2, 0.25) is 5.95 Å². The van der Waals surface area contributed by atoms with Crippen molar-refractivity contribution in [1.29, 1.82) is 0 Å². The molecule has 1 aromatic heterocycles.